The fourth-order valence-electron chi connectivity index (χ4n) is 1.83. The van der Waals surface area contributed by atoms with Gasteiger partial charge in [0.2, 0.25) is 17.7 Å². The number of carbonyl (C=O) groups excluding carboxylic acids is 1. The van der Waals surface area contributed by atoms with E-state index >= 15 is 0 Å². The highest BCUT2D eigenvalue weighted by Gasteiger charge is 2.15. The predicted molar refractivity (Wildman–Crippen MR) is 99.0 cm³/mol. The van der Waals surface area contributed by atoms with Crippen molar-refractivity contribution in [3.05, 3.63) is 35.7 Å². The van der Waals surface area contributed by atoms with Gasteiger partial charge in [-0.05, 0) is 24.6 Å². The Kier molecular flexibility index (Phi) is 5.48. The SMILES string of the molecule is CC(=NNC(=O)c1nc(N(C)C)nc(N(C)C)n1)c1ccc(N)cc1. The molecule has 0 spiro atoms. The lowest BCUT2D eigenvalue weighted by Gasteiger charge is -2.15. The van der Waals surface area contributed by atoms with E-state index in [-0.39, 0.29) is 5.82 Å². The molecule has 132 valence electrons. The maximum absolute atomic E-state index is 12.4. The molecule has 0 unspecified atom stereocenters. The summed E-state index contributed by atoms with van der Waals surface area (Å²) in [5.74, 6) is 0.269. The largest absolute Gasteiger partial charge is 0.399 e. The Morgan fingerprint density at radius 2 is 1.52 bits per heavy atom. The third-order valence-electron chi connectivity index (χ3n) is 3.27. The van der Waals surface area contributed by atoms with Gasteiger partial charge in [-0.25, -0.2) is 5.43 Å². The van der Waals surface area contributed by atoms with E-state index in [1.165, 1.54) is 0 Å². The first-order chi connectivity index (χ1) is 11.8. The van der Waals surface area contributed by atoms with Crippen LogP contribution in [0.1, 0.15) is 23.1 Å². The number of nitrogens with zero attached hydrogens (tertiary/aromatic N) is 6. The van der Waals surface area contributed by atoms with Crippen molar-refractivity contribution in [1.82, 2.24) is 20.4 Å². The van der Waals surface area contributed by atoms with Crippen LogP contribution in [-0.2, 0) is 0 Å². The number of carbonyl (C=O) groups is 1. The van der Waals surface area contributed by atoms with Crippen LogP contribution in [0.3, 0.4) is 0 Å². The van der Waals surface area contributed by atoms with Crippen LogP contribution in [0.5, 0.6) is 0 Å². The Morgan fingerprint density at radius 3 is 2.00 bits per heavy atom. The number of amides is 1. The highest BCUT2D eigenvalue weighted by molar-refractivity contribution is 6.00. The van der Waals surface area contributed by atoms with Crippen molar-refractivity contribution in [3.63, 3.8) is 0 Å². The zero-order valence-electron chi connectivity index (χ0n) is 15.0. The smallest absolute Gasteiger partial charge is 0.309 e. The normalized spacial score (nSPS) is 11.2. The molecule has 9 nitrogen and oxygen atoms in total. The first-order valence-corrected chi connectivity index (χ1v) is 7.59. The van der Waals surface area contributed by atoms with Crippen LogP contribution >= 0.6 is 0 Å². The van der Waals surface area contributed by atoms with Gasteiger partial charge in [-0.1, -0.05) is 12.1 Å². The van der Waals surface area contributed by atoms with Crippen LogP contribution < -0.4 is 21.0 Å². The van der Waals surface area contributed by atoms with Gasteiger partial charge in [0.15, 0.2) is 0 Å². The van der Waals surface area contributed by atoms with Crippen molar-refractivity contribution < 1.29 is 4.79 Å². The maximum atomic E-state index is 12.4. The standard InChI is InChI=1S/C16H22N8O/c1-10(11-6-8-12(17)9-7-11)21-22-14(25)13-18-15(23(2)3)20-16(19-13)24(4)5/h6-9H,17H2,1-5H3,(H,22,25). The summed E-state index contributed by atoms with van der Waals surface area (Å²) in [6.07, 6.45) is 0. The first kappa shape index (κ1) is 18.1. The molecular weight excluding hydrogens is 320 g/mol. The lowest BCUT2D eigenvalue weighted by Crippen LogP contribution is -2.26. The Balaban J connectivity index is 2.22. The molecule has 0 bridgehead atoms. The van der Waals surface area contributed by atoms with E-state index in [4.69, 9.17) is 5.73 Å². The second kappa shape index (κ2) is 7.56. The van der Waals surface area contributed by atoms with E-state index in [1.807, 2.05) is 12.1 Å². The van der Waals surface area contributed by atoms with Gasteiger partial charge < -0.3 is 15.5 Å². The van der Waals surface area contributed by atoms with Crippen LogP contribution in [0.25, 0.3) is 0 Å². The van der Waals surface area contributed by atoms with Crippen molar-refractivity contribution in [2.45, 2.75) is 6.92 Å². The molecule has 1 heterocycles. The van der Waals surface area contributed by atoms with Gasteiger partial charge in [-0.15, -0.1) is 0 Å². The van der Waals surface area contributed by atoms with Crippen LogP contribution in [0.15, 0.2) is 29.4 Å². The summed E-state index contributed by atoms with van der Waals surface area (Å²) < 4.78 is 0. The molecule has 0 saturated heterocycles. The van der Waals surface area contributed by atoms with Gasteiger partial charge in [0.25, 0.3) is 0 Å². The Labute approximate surface area is 146 Å². The van der Waals surface area contributed by atoms with E-state index in [9.17, 15) is 4.79 Å². The highest BCUT2D eigenvalue weighted by Crippen LogP contribution is 2.10. The molecule has 0 aliphatic heterocycles. The van der Waals surface area contributed by atoms with Gasteiger partial charge in [0, 0.05) is 33.9 Å². The minimum atomic E-state index is -0.511. The highest BCUT2D eigenvalue weighted by atomic mass is 16.2. The fourth-order valence-corrected chi connectivity index (χ4v) is 1.83. The van der Waals surface area contributed by atoms with Crippen LogP contribution in [-0.4, -0.2) is 54.8 Å². The second-order valence-electron chi connectivity index (χ2n) is 5.81. The van der Waals surface area contributed by atoms with Gasteiger partial charge in [0.1, 0.15) is 0 Å². The third kappa shape index (κ3) is 4.63. The minimum Gasteiger partial charge on any atom is -0.399 e. The number of anilines is 3. The second-order valence-corrected chi connectivity index (χ2v) is 5.81. The number of hydrogen-bond donors (Lipinski definition) is 2. The van der Waals surface area contributed by atoms with Gasteiger partial charge in [0.05, 0.1) is 5.71 Å². The molecule has 0 radical (unpaired) electrons. The number of nitrogens with one attached hydrogen (secondary N) is 1. The molecule has 2 rings (SSSR count). The molecule has 1 aromatic carbocycles. The monoisotopic (exact) mass is 342 g/mol. The summed E-state index contributed by atoms with van der Waals surface area (Å²) in [6.45, 7) is 1.79. The Morgan fingerprint density at radius 1 is 1.00 bits per heavy atom. The summed E-state index contributed by atoms with van der Waals surface area (Å²) in [5, 5.41) is 4.10. The zero-order chi connectivity index (χ0) is 18.6. The predicted octanol–water partition coefficient (Wildman–Crippen LogP) is 0.740. The average molecular weight is 342 g/mol. The number of benzene rings is 1. The molecule has 1 aromatic heterocycles. The van der Waals surface area contributed by atoms with Crippen molar-refractivity contribution in [3.8, 4) is 0 Å². The van der Waals surface area contributed by atoms with Crippen molar-refractivity contribution in [1.29, 1.82) is 0 Å². The van der Waals surface area contributed by atoms with Gasteiger partial charge >= 0.3 is 5.91 Å². The lowest BCUT2D eigenvalue weighted by molar-refractivity contribution is 0.0944. The van der Waals surface area contributed by atoms with Crippen LogP contribution in [0.2, 0.25) is 0 Å². The number of nitrogen functional groups attached to an aromatic ring is 1. The fraction of sp³-hybridized carbons (Fsp3) is 0.312. The molecule has 25 heavy (non-hydrogen) atoms. The first-order valence-electron chi connectivity index (χ1n) is 7.59. The number of rotatable bonds is 5. The molecule has 0 aliphatic rings. The topological polar surface area (TPSA) is 113 Å². The van der Waals surface area contributed by atoms with Crippen LogP contribution in [0.4, 0.5) is 17.6 Å². The van der Waals surface area contributed by atoms with Crippen LogP contribution in [0, 0.1) is 0 Å². The Bertz CT molecular complexity index is 757. The molecule has 0 aliphatic carbocycles. The van der Waals surface area contributed by atoms with Crippen molar-refractivity contribution in [2.75, 3.05) is 43.7 Å². The zero-order valence-corrected chi connectivity index (χ0v) is 15.0. The number of hydrogen-bond acceptors (Lipinski definition) is 8. The van der Waals surface area contributed by atoms with E-state index in [0.29, 0.717) is 23.3 Å². The lowest BCUT2D eigenvalue weighted by atomic mass is 10.1. The Hall–Kier alpha value is -3.23. The summed E-state index contributed by atoms with van der Waals surface area (Å²) in [6, 6.07) is 7.21. The molecule has 0 fully saturated rings. The molecular formula is C16H22N8O. The van der Waals surface area contributed by atoms with E-state index in [0.717, 1.165) is 5.56 Å². The molecule has 9 heteroatoms. The summed E-state index contributed by atoms with van der Waals surface area (Å²) in [4.78, 5) is 28.3. The summed E-state index contributed by atoms with van der Waals surface area (Å²) in [7, 11) is 7.17. The molecule has 2 aromatic rings. The minimum absolute atomic E-state index is 0.00347. The average Bonchev–Trinajstić information content (AvgIpc) is 2.59. The van der Waals surface area contributed by atoms with E-state index in [1.54, 1.807) is 57.0 Å². The molecule has 0 saturated carbocycles. The number of hydrazone groups is 1. The van der Waals surface area contributed by atoms with Gasteiger partial charge in [-0.3, -0.25) is 4.79 Å². The quantitative estimate of drug-likeness (QED) is 0.468. The molecule has 0 atom stereocenters. The number of aromatic nitrogens is 3. The molecule has 3 N–H and O–H groups in total. The summed E-state index contributed by atoms with van der Waals surface area (Å²) >= 11 is 0. The van der Waals surface area contributed by atoms with Gasteiger partial charge in [-0.2, -0.15) is 20.1 Å². The van der Waals surface area contributed by atoms with E-state index in [2.05, 4.69) is 25.5 Å². The number of nitrogens with two attached hydrogens (primary N) is 1. The van der Waals surface area contributed by atoms with Crippen molar-refractivity contribution in [2.24, 2.45) is 5.10 Å². The third-order valence-corrected chi connectivity index (χ3v) is 3.27. The van der Waals surface area contributed by atoms with E-state index < -0.39 is 5.91 Å². The maximum Gasteiger partial charge on any atom is 0.309 e. The summed E-state index contributed by atoms with van der Waals surface area (Å²) in [5.41, 5.74) is 10.3. The van der Waals surface area contributed by atoms with Crippen molar-refractivity contribution >= 4 is 29.2 Å². The molecule has 1 amide bonds.